The number of aromatic nitrogens is 2. The Morgan fingerprint density at radius 2 is 1.91 bits per heavy atom. The number of nitrogens with zero attached hydrogens (tertiary/aromatic N) is 6. The number of carbonyl (C=O) groups is 2. The second-order valence-electron chi connectivity index (χ2n) is 7.72. The number of anilines is 1. The smallest absolute Gasteiger partial charge is 0.263 e. The van der Waals surface area contributed by atoms with Crippen molar-refractivity contribution in [3.05, 3.63) is 52.9 Å². The number of hydrogen-bond acceptors (Lipinski definition) is 10. The second kappa shape index (κ2) is 8.41. The van der Waals surface area contributed by atoms with Crippen LogP contribution >= 0.6 is 11.6 Å². The molecule has 34 heavy (non-hydrogen) atoms. The number of methoxy groups -OCH3 is 2. The van der Waals surface area contributed by atoms with E-state index in [9.17, 15) is 9.59 Å². The van der Waals surface area contributed by atoms with Crippen molar-refractivity contribution in [2.45, 2.75) is 25.6 Å². The molecule has 2 amide bonds. The third-order valence-corrected chi connectivity index (χ3v) is 6.09. The monoisotopic (exact) mass is 482 g/mol. The first-order valence-electron chi connectivity index (χ1n) is 10.3. The summed E-state index contributed by atoms with van der Waals surface area (Å²) in [6.07, 6.45) is 0. The maximum atomic E-state index is 13.2. The molecular formula is C22H19ClN6O5. The number of halogens is 1. The number of rotatable bonds is 6. The van der Waals surface area contributed by atoms with Crippen LogP contribution in [0.1, 0.15) is 11.5 Å². The van der Waals surface area contributed by atoms with Crippen molar-refractivity contribution < 1.29 is 23.6 Å². The van der Waals surface area contributed by atoms with Gasteiger partial charge in [0.15, 0.2) is 12.1 Å². The van der Waals surface area contributed by atoms with Crippen molar-refractivity contribution in [3.8, 4) is 22.9 Å². The summed E-state index contributed by atoms with van der Waals surface area (Å²) in [4.78, 5) is 31.6. The highest BCUT2D eigenvalue weighted by Gasteiger charge is 2.55. The molecule has 0 spiro atoms. The van der Waals surface area contributed by atoms with Crippen LogP contribution in [0.2, 0.25) is 5.02 Å². The van der Waals surface area contributed by atoms with Gasteiger partial charge in [0.2, 0.25) is 11.7 Å². The van der Waals surface area contributed by atoms with Gasteiger partial charge in [0, 0.05) is 11.1 Å². The van der Waals surface area contributed by atoms with Crippen LogP contribution in [0.3, 0.4) is 0 Å². The van der Waals surface area contributed by atoms with Crippen molar-refractivity contribution in [1.29, 1.82) is 0 Å². The summed E-state index contributed by atoms with van der Waals surface area (Å²) in [5.74, 6) is 0.719. The number of imide groups is 1. The zero-order valence-electron chi connectivity index (χ0n) is 18.4. The lowest BCUT2D eigenvalue weighted by atomic mass is 10.1. The maximum Gasteiger partial charge on any atom is 0.263 e. The zero-order chi connectivity index (χ0) is 24.0. The third-order valence-electron chi connectivity index (χ3n) is 5.69. The molecule has 174 valence electrons. The van der Waals surface area contributed by atoms with Crippen molar-refractivity contribution in [3.63, 3.8) is 0 Å². The first-order chi connectivity index (χ1) is 16.4. The van der Waals surface area contributed by atoms with E-state index in [1.807, 2.05) is 6.92 Å². The van der Waals surface area contributed by atoms with E-state index in [1.54, 1.807) is 43.5 Å². The molecule has 5 rings (SSSR count). The molecule has 2 aliphatic heterocycles. The molecule has 2 aliphatic rings. The fourth-order valence-corrected chi connectivity index (χ4v) is 4.05. The molecular weight excluding hydrogens is 464 g/mol. The third kappa shape index (κ3) is 3.54. The number of carbonyl (C=O) groups excluding carboxylic acids is 2. The Morgan fingerprint density at radius 1 is 1.09 bits per heavy atom. The predicted octanol–water partition coefficient (Wildman–Crippen LogP) is 3.21. The maximum absolute atomic E-state index is 13.2. The van der Waals surface area contributed by atoms with Gasteiger partial charge in [-0.1, -0.05) is 28.0 Å². The highest BCUT2D eigenvalue weighted by Crippen LogP contribution is 2.35. The number of aryl methyl sites for hydroxylation is 1. The molecule has 0 unspecified atom stereocenters. The standard InChI is InChI=1S/C22H19ClN6O5/c1-11-4-5-12(8-15(11)23)29-21(30)18-19(22(29)31)28(27-25-18)10-17-24-20(26-34-17)14-7-6-13(32-2)9-16(14)33-3/h4-9,18-19H,10H2,1-3H3/t18-,19-/m1/s1. The first-order valence-corrected chi connectivity index (χ1v) is 10.7. The van der Waals surface area contributed by atoms with Gasteiger partial charge in [-0.05, 0) is 36.8 Å². The van der Waals surface area contributed by atoms with Gasteiger partial charge in [0.1, 0.15) is 18.0 Å². The highest BCUT2D eigenvalue weighted by atomic mass is 35.5. The molecule has 11 nitrogen and oxygen atoms in total. The van der Waals surface area contributed by atoms with Crippen LogP contribution in [0.15, 0.2) is 51.3 Å². The first kappa shape index (κ1) is 21.8. The molecule has 3 aromatic rings. The van der Waals surface area contributed by atoms with E-state index >= 15 is 0 Å². The molecule has 12 heteroatoms. The van der Waals surface area contributed by atoms with E-state index < -0.39 is 23.9 Å². The Bertz CT molecular complexity index is 1320. The van der Waals surface area contributed by atoms with Gasteiger partial charge >= 0.3 is 0 Å². The number of hydrogen-bond donors (Lipinski definition) is 0. The van der Waals surface area contributed by atoms with Gasteiger partial charge in [0.05, 0.1) is 25.5 Å². The Kier molecular flexibility index (Phi) is 5.40. The van der Waals surface area contributed by atoms with Crippen molar-refractivity contribution in [2.24, 2.45) is 10.3 Å². The average Bonchev–Trinajstić information content (AvgIpc) is 3.53. The zero-order valence-corrected chi connectivity index (χ0v) is 19.2. The number of fused-ring (bicyclic) bond motifs is 1. The number of ether oxygens (including phenoxy) is 2. The van der Waals surface area contributed by atoms with E-state index in [4.69, 9.17) is 25.6 Å². The van der Waals surface area contributed by atoms with Crippen LogP contribution in [0.5, 0.6) is 11.5 Å². The summed E-state index contributed by atoms with van der Waals surface area (Å²) >= 11 is 6.19. The SMILES string of the molecule is COc1ccc(-c2noc(CN3N=N[C@H]4C(=O)N(c5ccc(C)c(Cl)c5)C(=O)[C@@H]43)n2)c(OC)c1. The molecule has 2 aromatic carbocycles. The Hall–Kier alpha value is -3.99. The average molecular weight is 483 g/mol. The molecule has 2 atom stereocenters. The predicted molar refractivity (Wildman–Crippen MR) is 119 cm³/mol. The Balaban J connectivity index is 1.37. The lowest BCUT2D eigenvalue weighted by Crippen LogP contribution is -2.39. The lowest BCUT2D eigenvalue weighted by Gasteiger charge is -2.19. The quantitative estimate of drug-likeness (QED) is 0.491. The topological polar surface area (TPSA) is 123 Å². The van der Waals surface area contributed by atoms with Gasteiger partial charge < -0.3 is 14.0 Å². The summed E-state index contributed by atoms with van der Waals surface area (Å²) in [5, 5.41) is 13.9. The molecule has 1 saturated heterocycles. The van der Waals surface area contributed by atoms with Crippen LogP contribution in [0, 0.1) is 6.92 Å². The van der Waals surface area contributed by atoms with Gasteiger partial charge in [0.25, 0.3) is 11.8 Å². The van der Waals surface area contributed by atoms with Crippen molar-refractivity contribution in [1.82, 2.24) is 15.1 Å². The normalized spacial score (nSPS) is 19.2. The molecule has 0 bridgehead atoms. The van der Waals surface area contributed by atoms with E-state index in [0.29, 0.717) is 33.6 Å². The molecule has 0 radical (unpaired) electrons. The Morgan fingerprint density at radius 3 is 2.65 bits per heavy atom. The number of benzene rings is 2. The van der Waals surface area contributed by atoms with E-state index in [-0.39, 0.29) is 12.4 Å². The van der Waals surface area contributed by atoms with E-state index in [0.717, 1.165) is 10.5 Å². The molecule has 1 aromatic heterocycles. The van der Waals surface area contributed by atoms with Crippen LogP contribution in [-0.4, -0.2) is 53.3 Å². The minimum absolute atomic E-state index is 0.00233. The molecule has 0 aliphatic carbocycles. The minimum atomic E-state index is -0.948. The molecule has 0 saturated carbocycles. The summed E-state index contributed by atoms with van der Waals surface area (Å²) in [5.41, 5.74) is 1.84. The van der Waals surface area contributed by atoms with Gasteiger partial charge in [-0.25, -0.2) is 4.90 Å². The summed E-state index contributed by atoms with van der Waals surface area (Å²) in [6.45, 7) is 1.84. The van der Waals surface area contributed by atoms with Crippen molar-refractivity contribution >= 4 is 29.1 Å². The van der Waals surface area contributed by atoms with Gasteiger partial charge in [-0.3, -0.25) is 14.6 Å². The number of amides is 2. The highest BCUT2D eigenvalue weighted by molar-refractivity contribution is 6.32. The van der Waals surface area contributed by atoms with Gasteiger partial charge in [-0.2, -0.15) is 10.1 Å². The summed E-state index contributed by atoms with van der Waals surface area (Å²) < 4.78 is 16.0. The molecule has 1 fully saturated rings. The molecule has 0 N–H and O–H groups in total. The van der Waals surface area contributed by atoms with Crippen molar-refractivity contribution in [2.75, 3.05) is 19.1 Å². The second-order valence-corrected chi connectivity index (χ2v) is 8.12. The Labute approximate surface area is 198 Å². The van der Waals surface area contributed by atoms with E-state index in [1.165, 1.54) is 12.1 Å². The van der Waals surface area contributed by atoms with Crippen LogP contribution in [-0.2, 0) is 16.1 Å². The van der Waals surface area contributed by atoms with Crippen LogP contribution < -0.4 is 14.4 Å². The van der Waals surface area contributed by atoms with Gasteiger partial charge in [-0.15, -0.1) is 0 Å². The largest absolute Gasteiger partial charge is 0.497 e. The van der Waals surface area contributed by atoms with Crippen LogP contribution in [0.25, 0.3) is 11.4 Å². The lowest BCUT2D eigenvalue weighted by molar-refractivity contribution is -0.123. The fourth-order valence-electron chi connectivity index (χ4n) is 3.88. The van der Waals surface area contributed by atoms with E-state index in [2.05, 4.69) is 20.5 Å². The fraction of sp³-hybridized carbons (Fsp3) is 0.273. The van der Waals surface area contributed by atoms with Crippen LogP contribution in [0.4, 0.5) is 5.69 Å². The summed E-state index contributed by atoms with van der Waals surface area (Å²) in [6, 6.07) is 8.37. The minimum Gasteiger partial charge on any atom is -0.497 e. The molecule has 3 heterocycles. The summed E-state index contributed by atoms with van der Waals surface area (Å²) in [7, 11) is 3.09.